The van der Waals surface area contributed by atoms with E-state index < -0.39 is 24.0 Å². The van der Waals surface area contributed by atoms with E-state index in [9.17, 15) is 19.8 Å². The molecule has 0 unspecified atom stereocenters. The van der Waals surface area contributed by atoms with Gasteiger partial charge in [-0.3, -0.25) is 0 Å². The van der Waals surface area contributed by atoms with Gasteiger partial charge in [0.15, 0.2) is 0 Å². The molecule has 0 saturated carbocycles. The molecular formula is C6H15N3O4Zn. The molecule has 0 spiro atoms. The fourth-order valence-electron chi connectivity index (χ4n) is 0. The van der Waals surface area contributed by atoms with Crippen LogP contribution in [0.3, 0.4) is 0 Å². The minimum absolute atomic E-state index is 0. The van der Waals surface area contributed by atoms with Crippen LogP contribution in [0.2, 0.25) is 0 Å². The van der Waals surface area contributed by atoms with Gasteiger partial charge < -0.3 is 37.4 Å². The molecule has 0 fully saturated rings. The summed E-state index contributed by atoms with van der Waals surface area (Å²) in [7, 11) is 0. The van der Waals surface area contributed by atoms with Crippen molar-refractivity contribution in [2.24, 2.45) is 11.5 Å². The maximum Gasteiger partial charge on any atom is 2.00 e. The molecule has 0 aliphatic heterocycles. The van der Waals surface area contributed by atoms with Crippen molar-refractivity contribution >= 4 is 11.9 Å². The minimum Gasteiger partial charge on any atom is -0.548 e. The van der Waals surface area contributed by atoms with Crippen LogP contribution in [-0.2, 0) is 29.1 Å². The van der Waals surface area contributed by atoms with E-state index in [0.717, 1.165) is 0 Å². The topological polar surface area (TPSA) is 167 Å². The van der Waals surface area contributed by atoms with Gasteiger partial charge in [0.25, 0.3) is 0 Å². The molecule has 0 aliphatic carbocycles. The SMILES string of the molecule is C[C@H](N)C(=O)[O-].C[C@H](N)C(=O)[O-].N.[Zn+2]. The summed E-state index contributed by atoms with van der Waals surface area (Å²) in [4.78, 5) is 18.9. The Hall–Kier alpha value is -0.557. The van der Waals surface area contributed by atoms with Gasteiger partial charge in [-0.05, 0) is 13.8 Å². The summed E-state index contributed by atoms with van der Waals surface area (Å²) in [6.07, 6.45) is 0. The smallest absolute Gasteiger partial charge is 0.548 e. The standard InChI is InChI=1S/2C3H7NO2.H3N.Zn/c2*1-2(4)3(5)6;;/h2*2H,4H2,1H3,(H,5,6);1H3;/q;;;+2/p-2/t2*2-;;/m00../s1. The number of aliphatic carboxylic acids is 2. The Kier molecular flexibility index (Phi) is 20.7. The molecule has 7 N–H and O–H groups in total. The maximum atomic E-state index is 9.46. The number of carboxylic acids is 2. The Morgan fingerprint density at radius 1 is 1.00 bits per heavy atom. The number of nitrogens with two attached hydrogens (primary N) is 2. The summed E-state index contributed by atoms with van der Waals surface area (Å²) in [6.45, 7) is 2.71. The Labute approximate surface area is 95.2 Å². The monoisotopic (exact) mass is 257 g/mol. The fraction of sp³-hybridized carbons (Fsp3) is 0.667. The van der Waals surface area contributed by atoms with Gasteiger partial charge in [0, 0.05) is 12.1 Å². The average Bonchev–Trinajstić information content (AvgIpc) is 1.88. The second-order valence-electron chi connectivity index (χ2n) is 2.22. The second kappa shape index (κ2) is 12.4. The number of hydrogen-bond acceptors (Lipinski definition) is 7. The van der Waals surface area contributed by atoms with Crippen molar-refractivity contribution in [2.45, 2.75) is 25.9 Å². The first-order valence-corrected chi connectivity index (χ1v) is 3.22. The van der Waals surface area contributed by atoms with Crippen LogP contribution in [0.1, 0.15) is 13.8 Å². The number of carboxylic acid groups (broad SMARTS) is 2. The first-order chi connectivity index (χ1) is 5.29. The summed E-state index contributed by atoms with van der Waals surface area (Å²) in [5, 5.41) is 18.9. The van der Waals surface area contributed by atoms with E-state index in [1.165, 1.54) is 13.8 Å². The van der Waals surface area contributed by atoms with Crippen molar-refractivity contribution in [1.82, 2.24) is 6.15 Å². The summed E-state index contributed by atoms with van der Waals surface area (Å²) in [5.74, 6) is -2.43. The predicted molar refractivity (Wildman–Crippen MR) is 42.3 cm³/mol. The normalized spacial score (nSPS) is 11.7. The van der Waals surface area contributed by atoms with E-state index in [-0.39, 0.29) is 25.6 Å². The van der Waals surface area contributed by atoms with Gasteiger partial charge >= 0.3 is 19.5 Å². The second-order valence-corrected chi connectivity index (χ2v) is 2.22. The van der Waals surface area contributed by atoms with E-state index in [0.29, 0.717) is 0 Å². The largest absolute Gasteiger partial charge is 2.00 e. The van der Waals surface area contributed by atoms with Gasteiger partial charge in [-0.1, -0.05) is 0 Å². The van der Waals surface area contributed by atoms with E-state index >= 15 is 0 Å². The summed E-state index contributed by atoms with van der Waals surface area (Å²) in [5.41, 5.74) is 9.55. The van der Waals surface area contributed by atoms with Crippen LogP contribution in [0.15, 0.2) is 0 Å². The Morgan fingerprint density at radius 3 is 1.07 bits per heavy atom. The van der Waals surface area contributed by atoms with Gasteiger partial charge in [0.1, 0.15) is 0 Å². The zero-order valence-corrected chi connectivity index (χ0v) is 11.3. The van der Waals surface area contributed by atoms with Crippen molar-refractivity contribution < 1.29 is 39.3 Å². The van der Waals surface area contributed by atoms with Gasteiger partial charge in [0.2, 0.25) is 0 Å². The molecule has 0 heterocycles. The van der Waals surface area contributed by atoms with Gasteiger partial charge in [0.05, 0.1) is 11.9 Å². The molecule has 0 amide bonds. The predicted octanol–water partition coefficient (Wildman–Crippen LogP) is -3.67. The quantitative estimate of drug-likeness (QED) is 0.429. The molecule has 0 rings (SSSR count). The van der Waals surface area contributed by atoms with Gasteiger partial charge in [-0.25, -0.2) is 0 Å². The molecule has 80 valence electrons. The van der Waals surface area contributed by atoms with Crippen LogP contribution in [0.25, 0.3) is 0 Å². The number of rotatable bonds is 2. The van der Waals surface area contributed by atoms with Crippen LogP contribution in [0.4, 0.5) is 0 Å². The van der Waals surface area contributed by atoms with Crippen molar-refractivity contribution in [3.63, 3.8) is 0 Å². The Morgan fingerprint density at radius 2 is 1.07 bits per heavy atom. The molecule has 0 bridgehead atoms. The van der Waals surface area contributed by atoms with Crippen LogP contribution < -0.4 is 27.8 Å². The van der Waals surface area contributed by atoms with Crippen molar-refractivity contribution in [3.05, 3.63) is 0 Å². The molecule has 0 aromatic heterocycles. The van der Waals surface area contributed by atoms with Crippen molar-refractivity contribution in [3.8, 4) is 0 Å². The first-order valence-electron chi connectivity index (χ1n) is 3.22. The maximum absolute atomic E-state index is 9.46. The average molecular weight is 259 g/mol. The first kappa shape index (κ1) is 23.3. The zero-order valence-electron chi connectivity index (χ0n) is 8.36. The summed E-state index contributed by atoms with van der Waals surface area (Å²) >= 11 is 0. The van der Waals surface area contributed by atoms with Crippen molar-refractivity contribution in [2.75, 3.05) is 0 Å². The van der Waals surface area contributed by atoms with E-state index in [1.807, 2.05) is 0 Å². The molecule has 0 aromatic rings. The van der Waals surface area contributed by atoms with E-state index in [1.54, 1.807) is 0 Å². The molecule has 7 nitrogen and oxygen atoms in total. The third-order valence-electron chi connectivity index (χ3n) is 0.744. The van der Waals surface area contributed by atoms with Crippen LogP contribution in [0, 0.1) is 0 Å². The number of hydrogen-bond donors (Lipinski definition) is 3. The van der Waals surface area contributed by atoms with Gasteiger partial charge in [-0.15, -0.1) is 0 Å². The molecule has 0 radical (unpaired) electrons. The fourth-order valence-corrected chi connectivity index (χ4v) is 0. The van der Waals surface area contributed by atoms with Gasteiger partial charge in [-0.2, -0.15) is 0 Å². The third kappa shape index (κ3) is 22.5. The van der Waals surface area contributed by atoms with Crippen LogP contribution in [0.5, 0.6) is 0 Å². The molecule has 2 atom stereocenters. The van der Waals surface area contributed by atoms with Crippen LogP contribution in [-0.4, -0.2) is 24.0 Å². The molecule has 8 heteroatoms. The van der Waals surface area contributed by atoms with Crippen molar-refractivity contribution in [1.29, 1.82) is 0 Å². The van der Waals surface area contributed by atoms with Crippen LogP contribution >= 0.6 is 0 Å². The van der Waals surface area contributed by atoms with E-state index in [4.69, 9.17) is 11.5 Å². The number of carbonyl (C=O) groups is 2. The van der Waals surface area contributed by atoms with E-state index in [2.05, 4.69) is 0 Å². The minimum atomic E-state index is -1.21. The summed E-state index contributed by atoms with van der Waals surface area (Å²) in [6, 6.07) is -1.69. The number of carbonyl (C=O) groups excluding carboxylic acids is 2. The Balaban J connectivity index is -0.0000000625. The zero-order chi connectivity index (χ0) is 10.3. The molecule has 0 saturated heterocycles. The third-order valence-corrected chi connectivity index (χ3v) is 0.744. The molecular weight excluding hydrogens is 243 g/mol. The molecule has 14 heavy (non-hydrogen) atoms. The molecule has 0 aromatic carbocycles. The Bertz CT molecular complexity index is 145. The summed E-state index contributed by atoms with van der Waals surface area (Å²) < 4.78 is 0. The molecule has 0 aliphatic rings.